The number of hydrogen-bond acceptors (Lipinski definition) is 7. The number of phosphoric acid groups is 1. The van der Waals surface area contributed by atoms with Gasteiger partial charge in [-0.15, -0.1) is 3.97 Å². The zero-order chi connectivity index (χ0) is 11.2. The van der Waals surface area contributed by atoms with Gasteiger partial charge in [-0.25, -0.2) is 4.57 Å². The smallest absolute Gasteiger partial charge is 0.328 e. The molecule has 3 N–H and O–H groups in total. The second-order valence-electron chi connectivity index (χ2n) is 1.99. The van der Waals surface area contributed by atoms with Crippen LogP contribution in [0.15, 0.2) is 0 Å². The molecule has 0 spiro atoms. The van der Waals surface area contributed by atoms with Crippen LogP contribution in [0.25, 0.3) is 0 Å². The Kier molecular flexibility index (Phi) is 5.75. The van der Waals surface area contributed by atoms with Gasteiger partial charge in [0.2, 0.25) is 0 Å². The van der Waals surface area contributed by atoms with Crippen LogP contribution in [0.2, 0.25) is 0 Å². The van der Waals surface area contributed by atoms with Crippen molar-refractivity contribution in [3.63, 3.8) is 0 Å². The molecule has 10 heteroatoms. The van der Waals surface area contributed by atoms with E-state index in [0.29, 0.717) is 0 Å². The molecule has 0 aromatic carbocycles. The topological polar surface area (TPSA) is 125 Å². The Morgan fingerprint density at radius 2 is 2.00 bits per heavy atom. The normalized spacial score (nSPS) is 16.5. The first kappa shape index (κ1) is 14.0. The first-order chi connectivity index (χ1) is 6.33. The molecule has 0 aromatic heterocycles. The molecule has 0 amide bonds. The maximum Gasteiger partial charge on any atom is 0.491 e. The zero-order valence-corrected chi connectivity index (χ0v) is 9.16. The molecular weight excluding hydrogens is 237 g/mol. The van der Waals surface area contributed by atoms with Gasteiger partial charge in [0.1, 0.15) is 0 Å². The molecule has 0 saturated carbocycles. The molecule has 0 aliphatic heterocycles. The number of hydrogen-bond donors (Lipinski definition) is 2. The van der Waals surface area contributed by atoms with Crippen LogP contribution in [0.1, 0.15) is 6.92 Å². The van der Waals surface area contributed by atoms with Crippen molar-refractivity contribution in [2.45, 2.75) is 6.92 Å². The molecule has 0 aromatic rings. The lowest BCUT2D eigenvalue weighted by Gasteiger charge is -2.13. The van der Waals surface area contributed by atoms with Crippen molar-refractivity contribution in [3.8, 4) is 0 Å². The average molecular weight is 249 g/mol. The SMILES string of the molecule is CCOP(=O)(OCCN)OS(=O)(=O)O. The van der Waals surface area contributed by atoms with E-state index in [2.05, 4.69) is 13.0 Å². The van der Waals surface area contributed by atoms with E-state index in [1.807, 2.05) is 0 Å². The fraction of sp³-hybridized carbons (Fsp3) is 1.00. The molecule has 0 aliphatic carbocycles. The first-order valence-corrected chi connectivity index (χ1v) is 6.43. The van der Waals surface area contributed by atoms with Crippen molar-refractivity contribution in [2.24, 2.45) is 5.73 Å². The summed E-state index contributed by atoms with van der Waals surface area (Å²) in [5.41, 5.74) is 5.03. The maximum absolute atomic E-state index is 11.3. The molecule has 0 rings (SSSR count). The second kappa shape index (κ2) is 5.76. The molecule has 1 atom stereocenters. The summed E-state index contributed by atoms with van der Waals surface area (Å²) in [5, 5.41) is 0. The first-order valence-electron chi connectivity index (χ1n) is 3.61. The lowest BCUT2D eigenvalue weighted by atomic mass is 10.8. The Hall–Kier alpha value is -0.0200. The second-order valence-corrected chi connectivity index (χ2v) is 4.85. The number of phosphoric ester groups is 1. The van der Waals surface area contributed by atoms with Crippen LogP contribution >= 0.6 is 7.82 Å². The van der Waals surface area contributed by atoms with Crippen molar-refractivity contribution < 1.29 is 30.6 Å². The summed E-state index contributed by atoms with van der Waals surface area (Å²) in [6, 6.07) is 0. The van der Waals surface area contributed by atoms with Crippen molar-refractivity contribution >= 4 is 18.2 Å². The van der Waals surface area contributed by atoms with Gasteiger partial charge in [-0.1, -0.05) is 0 Å². The van der Waals surface area contributed by atoms with E-state index in [4.69, 9.17) is 10.3 Å². The molecule has 0 radical (unpaired) electrons. The Morgan fingerprint density at radius 3 is 2.36 bits per heavy atom. The van der Waals surface area contributed by atoms with Gasteiger partial charge in [0.05, 0.1) is 13.2 Å². The van der Waals surface area contributed by atoms with E-state index < -0.39 is 18.2 Å². The predicted octanol–water partition coefficient (Wildman–Crippen LogP) is -0.0743. The van der Waals surface area contributed by atoms with Gasteiger partial charge in [-0.2, -0.15) is 8.42 Å². The predicted molar refractivity (Wildman–Crippen MR) is 46.9 cm³/mol. The Labute approximate surface area is 81.9 Å². The lowest BCUT2D eigenvalue weighted by molar-refractivity contribution is 0.161. The minimum absolute atomic E-state index is 0.00585. The van der Waals surface area contributed by atoms with Crippen molar-refractivity contribution in [3.05, 3.63) is 0 Å². The standard InChI is InChI=1S/C4H12NO7PS/c1-2-10-13(6,11-4-3-5)12-14(7,8)9/h2-5H2,1H3,(H,7,8,9). The fourth-order valence-electron chi connectivity index (χ4n) is 0.518. The lowest BCUT2D eigenvalue weighted by Crippen LogP contribution is -2.12. The van der Waals surface area contributed by atoms with E-state index >= 15 is 0 Å². The maximum atomic E-state index is 11.3. The molecule has 0 saturated heterocycles. The third-order valence-electron chi connectivity index (χ3n) is 0.840. The molecule has 0 fully saturated rings. The van der Waals surface area contributed by atoms with Crippen LogP contribution in [0.5, 0.6) is 0 Å². The average Bonchev–Trinajstić information content (AvgIpc) is 1.98. The van der Waals surface area contributed by atoms with Crippen LogP contribution < -0.4 is 5.73 Å². The highest BCUT2D eigenvalue weighted by Crippen LogP contribution is 2.50. The van der Waals surface area contributed by atoms with E-state index in [0.717, 1.165) is 0 Å². The van der Waals surface area contributed by atoms with Gasteiger partial charge in [0.25, 0.3) is 0 Å². The minimum atomic E-state index is -4.89. The van der Waals surface area contributed by atoms with Crippen LogP contribution in [-0.4, -0.2) is 32.7 Å². The van der Waals surface area contributed by atoms with Gasteiger partial charge in [-0.05, 0) is 6.92 Å². The summed E-state index contributed by atoms with van der Waals surface area (Å²) >= 11 is 0. The van der Waals surface area contributed by atoms with Crippen LogP contribution in [0, 0.1) is 0 Å². The Morgan fingerprint density at radius 1 is 1.43 bits per heavy atom. The summed E-state index contributed by atoms with van der Waals surface area (Å²) in [7, 11) is -9.16. The van der Waals surface area contributed by atoms with Crippen molar-refractivity contribution in [2.75, 3.05) is 19.8 Å². The molecule has 0 aliphatic rings. The number of rotatable bonds is 7. The zero-order valence-electron chi connectivity index (χ0n) is 7.45. The van der Waals surface area contributed by atoms with E-state index in [1.54, 1.807) is 0 Å². The quantitative estimate of drug-likeness (QED) is 0.474. The largest absolute Gasteiger partial charge is 0.491 e. The van der Waals surface area contributed by atoms with Crippen LogP contribution in [-0.2, 0) is 28.0 Å². The molecule has 1 unspecified atom stereocenters. The molecule has 0 heterocycles. The highest BCUT2D eigenvalue weighted by Gasteiger charge is 2.32. The minimum Gasteiger partial charge on any atom is -0.328 e. The monoisotopic (exact) mass is 249 g/mol. The van der Waals surface area contributed by atoms with E-state index in [-0.39, 0.29) is 19.8 Å². The van der Waals surface area contributed by atoms with Crippen molar-refractivity contribution in [1.29, 1.82) is 0 Å². The van der Waals surface area contributed by atoms with Gasteiger partial charge in [-0.3, -0.25) is 13.6 Å². The third-order valence-corrected chi connectivity index (χ3v) is 3.40. The highest BCUT2D eigenvalue weighted by atomic mass is 32.3. The molecule has 86 valence electrons. The summed E-state index contributed by atoms with van der Waals surface area (Å²) in [6.45, 7) is 1.14. The summed E-state index contributed by atoms with van der Waals surface area (Å²) in [5.74, 6) is 0. The Balaban J connectivity index is 4.47. The van der Waals surface area contributed by atoms with Crippen molar-refractivity contribution in [1.82, 2.24) is 0 Å². The molecule has 0 bridgehead atoms. The van der Waals surface area contributed by atoms with Gasteiger partial charge in [0.15, 0.2) is 0 Å². The third kappa shape index (κ3) is 6.44. The summed E-state index contributed by atoms with van der Waals surface area (Å²) < 4.78 is 52.7. The van der Waals surface area contributed by atoms with Crippen LogP contribution in [0.4, 0.5) is 0 Å². The van der Waals surface area contributed by atoms with Gasteiger partial charge in [0, 0.05) is 6.54 Å². The van der Waals surface area contributed by atoms with E-state index in [9.17, 15) is 13.0 Å². The molecule has 14 heavy (non-hydrogen) atoms. The van der Waals surface area contributed by atoms with Gasteiger partial charge >= 0.3 is 18.2 Å². The summed E-state index contributed by atoms with van der Waals surface area (Å²) in [4.78, 5) is 0. The van der Waals surface area contributed by atoms with Crippen LogP contribution in [0.3, 0.4) is 0 Å². The van der Waals surface area contributed by atoms with Gasteiger partial charge < -0.3 is 5.73 Å². The highest BCUT2D eigenvalue weighted by molar-refractivity contribution is 7.85. The summed E-state index contributed by atoms with van der Waals surface area (Å²) in [6.07, 6.45) is 0. The molecule has 8 nitrogen and oxygen atoms in total. The Bertz CT molecular complexity index is 301. The molecular formula is C4H12NO7PS. The van der Waals surface area contributed by atoms with E-state index in [1.165, 1.54) is 6.92 Å². The number of nitrogens with two attached hydrogens (primary N) is 1. The fourth-order valence-corrected chi connectivity index (χ4v) is 2.51.